The van der Waals surface area contributed by atoms with E-state index in [4.69, 9.17) is 10.00 Å². The predicted octanol–water partition coefficient (Wildman–Crippen LogP) is 3.17. The van der Waals surface area contributed by atoms with Gasteiger partial charge in [-0.1, -0.05) is 47.0 Å². The van der Waals surface area contributed by atoms with Crippen LogP contribution in [0.15, 0.2) is 28.7 Å². The van der Waals surface area contributed by atoms with Gasteiger partial charge in [0.15, 0.2) is 6.19 Å². The Morgan fingerprint density at radius 3 is 2.79 bits per heavy atom. The average Bonchev–Trinajstić information content (AvgIpc) is 2.60. The van der Waals surface area contributed by atoms with Crippen molar-refractivity contribution in [3.8, 4) is 6.19 Å². The van der Waals surface area contributed by atoms with Crippen LogP contribution in [0.3, 0.4) is 0 Å². The molecule has 0 radical (unpaired) electrons. The molecule has 0 bridgehead atoms. The Morgan fingerprint density at radius 1 is 1.38 bits per heavy atom. The van der Waals surface area contributed by atoms with Crippen molar-refractivity contribution in [3.63, 3.8) is 0 Å². The largest absolute Gasteiger partial charge is 0.445 e. The van der Waals surface area contributed by atoms with E-state index < -0.39 is 6.09 Å². The first kappa shape index (κ1) is 18.3. The van der Waals surface area contributed by atoms with E-state index in [1.54, 1.807) is 0 Å². The molecule has 1 N–H and O–H groups in total. The molecule has 6 nitrogen and oxygen atoms in total. The topological polar surface area (TPSA) is 82.4 Å². The van der Waals surface area contributed by atoms with Crippen LogP contribution in [0.5, 0.6) is 0 Å². The molecular weight excluding hydrogens is 374 g/mol. The van der Waals surface area contributed by atoms with E-state index in [1.807, 2.05) is 30.5 Å². The highest BCUT2D eigenvalue weighted by Crippen LogP contribution is 2.26. The summed E-state index contributed by atoms with van der Waals surface area (Å²) in [6, 6.07) is 7.21. The Balaban J connectivity index is 1.92. The van der Waals surface area contributed by atoms with Crippen molar-refractivity contribution in [2.75, 3.05) is 7.05 Å². The maximum Gasteiger partial charge on any atom is 0.407 e. The number of carbonyl (C=O) groups is 2. The second-order valence-corrected chi connectivity index (χ2v) is 6.66. The molecule has 1 aliphatic carbocycles. The van der Waals surface area contributed by atoms with E-state index in [0.717, 1.165) is 27.8 Å². The number of benzene rings is 1. The fourth-order valence-electron chi connectivity index (χ4n) is 2.85. The van der Waals surface area contributed by atoms with Gasteiger partial charge in [0.1, 0.15) is 6.61 Å². The number of rotatable bonds is 4. The summed E-state index contributed by atoms with van der Waals surface area (Å²) in [6.07, 6.45) is 4.51. The highest BCUT2D eigenvalue weighted by Gasteiger charge is 2.34. The summed E-state index contributed by atoms with van der Waals surface area (Å²) < 4.78 is 6.13. The average molecular weight is 394 g/mol. The Hall–Kier alpha value is -2.07. The maximum absolute atomic E-state index is 12.3. The monoisotopic (exact) mass is 393 g/mol. The van der Waals surface area contributed by atoms with Gasteiger partial charge in [-0.05, 0) is 18.9 Å². The first-order valence-corrected chi connectivity index (χ1v) is 8.66. The zero-order chi connectivity index (χ0) is 17.5. The van der Waals surface area contributed by atoms with Gasteiger partial charge < -0.3 is 10.1 Å². The second-order valence-electron chi connectivity index (χ2n) is 5.81. The van der Waals surface area contributed by atoms with Crippen molar-refractivity contribution >= 4 is 27.9 Å². The number of ether oxygens (including phenoxy) is 1. The third-order valence-electron chi connectivity index (χ3n) is 4.18. The van der Waals surface area contributed by atoms with Crippen LogP contribution >= 0.6 is 15.9 Å². The molecule has 2 atom stereocenters. The molecule has 0 heterocycles. The summed E-state index contributed by atoms with van der Waals surface area (Å²) >= 11 is 3.40. The minimum atomic E-state index is -0.546. The second kappa shape index (κ2) is 8.69. The summed E-state index contributed by atoms with van der Waals surface area (Å²) in [4.78, 5) is 25.3. The summed E-state index contributed by atoms with van der Waals surface area (Å²) in [5.74, 6) is -0.632. The predicted molar refractivity (Wildman–Crippen MR) is 91.6 cm³/mol. The fraction of sp³-hybridized carbons (Fsp3) is 0.471. The number of alkyl carbamates (subject to hydrolysis) is 1. The third kappa shape index (κ3) is 4.71. The molecular formula is C17H20BrN3O3. The minimum Gasteiger partial charge on any atom is -0.445 e. The standard InChI is InChI=1S/C17H20BrN3O3/c1-21(11-19)16(22)13-7-3-5-9-15(13)20-17(23)24-10-12-6-2-4-8-14(12)18/h2,4,6,8,13,15H,3,5,7,9-10H2,1H3,(H,20,23)/t13-,15+/m0/s1. The Morgan fingerprint density at radius 2 is 2.08 bits per heavy atom. The van der Waals surface area contributed by atoms with E-state index in [2.05, 4.69) is 21.2 Å². The zero-order valence-electron chi connectivity index (χ0n) is 13.5. The van der Waals surface area contributed by atoms with Gasteiger partial charge in [-0.2, -0.15) is 5.26 Å². The van der Waals surface area contributed by atoms with Crippen molar-refractivity contribution < 1.29 is 14.3 Å². The van der Waals surface area contributed by atoms with Crippen molar-refractivity contribution in [2.45, 2.75) is 38.3 Å². The lowest BCUT2D eigenvalue weighted by Gasteiger charge is -2.31. The van der Waals surface area contributed by atoms with Gasteiger partial charge >= 0.3 is 6.09 Å². The normalized spacial score (nSPS) is 19.9. The van der Waals surface area contributed by atoms with Gasteiger partial charge in [0.05, 0.1) is 5.92 Å². The van der Waals surface area contributed by atoms with Crippen molar-refractivity contribution in [1.29, 1.82) is 5.26 Å². The number of hydrogen-bond donors (Lipinski definition) is 1. The number of hydrogen-bond acceptors (Lipinski definition) is 4. The van der Waals surface area contributed by atoms with Crippen LogP contribution in [0.1, 0.15) is 31.2 Å². The molecule has 1 aromatic rings. The van der Waals surface area contributed by atoms with Crippen LogP contribution in [0.25, 0.3) is 0 Å². The molecule has 2 amide bonds. The maximum atomic E-state index is 12.3. The first-order chi connectivity index (χ1) is 11.5. The number of carbonyl (C=O) groups excluding carboxylic acids is 2. The van der Waals surface area contributed by atoms with Crippen LogP contribution in [-0.2, 0) is 16.1 Å². The van der Waals surface area contributed by atoms with Crippen LogP contribution < -0.4 is 5.32 Å². The van der Waals surface area contributed by atoms with Gasteiger partial charge in [-0.3, -0.25) is 9.69 Å². The Kier molecular flexibility index (Phi) is 6.62. The van der Waals surface area contributed by atoms with Crippen LogP contribution in [0.4, 0.5) is 4.79 Å². The van der Waals surface area contributed by atoms with Crippen molar-refractivity contribution in [1.82, 2.24) is 10.2 Å². The highest BCUT2D eigenvalue weighted by molar-refractivity contribution is 9.10. The molecule has 0 aliphatic heterocycles. The third-order valence-corrected chi connectivity index (χ3v) is 4.96. The minimum absolute atomic E-state index is 0.149. The van der Waals surface area contributed by atoms with Crippen LogP contribution in [-0.4, -0.2) is 30.0 Å². The van der Waals surface area contributed by atoms with Crippen LogP contribution in [0.2, 0.25) is 0 Å². The number of nitriles is 1. The van der Waals surface area contributed by atoms with Crippen LogP contribution in [0, 0.1) is 17.4 Å². The van der Waals surface area contributed by atoms with E-state index in [0.29, 0.717) is 12.8 Å². The van der Waals surface area contributed by atoms with E-state index >= 15 is 0 Å². The molecule has 1 aromatic carbocycles. The lowest BCUT2D eigenvalue weighted by molar-refractivity contribution is -0.133. The van der Waals surface area contributed by atoms with Gasteiger partial charge in [-0.25, -0.2) is 4.79 Å². The molecule has 0 aromatic heterocycles. The Bertz CT molecular complexity index is 644. The van der Waals surface area contributed by atoms with Gasteiger partial charge in [-0.15, -0.1) is 0 Å². The van der Waals surface area contributed by atoms with E-state index in [1.165, 1.54) is 7.05 Å². The van der Waals surface area contributed by atoms with Gasteiger partial charge in [0, 0.05) is 23.1 Å². The number of halogens is 1. The Labute approximate surface area is 149 Å². The molecule has 1 fully saturated rings. The van der Waals surface area contributed by atoms with Crippen molar-refractivity contribution in [3.05, 3.63) is 34.3 Å². The summed E-state index contributed by atoms with van der Waals surface area (Å²) in [5, 5.41) is 11.7. The molecule has 7 heteroatoms. The first-order valence-electron chi connectivity index (χ1n) is 7.87. The molecule has 0 spiro atoms. The van der Waals surface area contributed by atoms with Gasteiger partial charge in [0.2, 0.25) is 5.91 Å². The van der Waals surface area contributed by atoms with E-state index in [-0.39, 0.29) is 24.5 Å². The smallest absolute Gasteiger partial charge is 0.407 e. The quantitative estimate of drug-likeness (QED) is 0.628. The molecule has 1 aliphatic rings. The molecule has 128 valence electrons. The fourth-order valence-corrected chi connectivity index (χ4v) is 3.25. The van der Waals surface area contributed by atoms with Gasteiger partial charge in [0.25, 0.3) is 0 Å². The number of nitrogens with zero attached hydrogens (tertiary/aromatic N) is 2. The summed E-state index contributed by atoms with van der Waals surface area (Å²) in [7, 11) is 1.44. The SMILES string of the molecule is CN(C#N)C(=O)[C@H]1CCCC[C@H]1NC(=O)OCc1ccccc1Br. The van der Waals surface area contributed by atoms with Crippen molar-refractivity contribution in [2.24, 2.45) is 5.92 Å². The molecule has 2 rings (SSSR count). The molecule has 24 heavy (non-hydrogen) atoms. The van der Waals surface area contributed by atoms with E-state index in [9.17, 15) is 9.59 Å². The summed E-state index contributed by atoms with van der Waals surface area (Å²) in [5.41, 5.74) is 0.869. The zero-order valence-corrected chi connectivity index (χ0v) is 15.1. The molecule has 0 saturated heterocycles. The molecule has 0 unspecified atom stereocenters. The lowest BCUT2D eigenvalue weighted by atomic mass is 9.83. The summed E-state index contributed by atoms with van der Waals surface area (Å²) in [6.45, 7) is 0.149. The molecule has 1 saturated carbocycles. The number of nitrogens with one attached hydrogen (secondary N) is 1. The highest BCUT2D eigenvalue weighted by atomic mass is 79.9. The number of amides is 2. The lowest BCUT2D eigenvalue weighted by Crippen LogP contribution is -2.48.